The highest BCUT2D eigenvalue weighted by Gasteiger charge is 2.14. The van der Waals surface area contributed by atoms with Crippen molar-refractivity contribution < 1.29 is 14.5 Å². The van der Waals surface area contributed by atoms with Gasteiger partial charge >= 0.3 is 0 Å². The third-order valence-electron chi connectivity index (χ3n) is 2.80. The van der Waals surface area contributed by atoms with E-state index in [1.54, 1.807) is 30.3 Å². The summed E-state index contributed by atoms with van der Waals surface area (Å²) in [5, 5.41) is 13.8. The minimum absolute atomic E-state index is 0.0528. The highest BCUT2D eigenvalue weighted by atomic mass is 35.5. The Hall–Kier alpha value is -2.60. The Labute approximate surface area is 131 Å². The van der Waals surface area contributed by atoms with Crippen LogP contribution in [0.2, 0.25) is 5.02 Å². The molecule has 0 heterocycles. The number of hydrogen-bond acceptors (Lipinski definition) is 4. The van der Waals surface area contributed by atoms with Crippen molar-refractivity contribution >= 4 is 28.9 Å². The molecule has 0 fully saturated rings. The van der Waals surface area contributed by atoms with Crippen molar-refractivity contribution in [3.05, 3.63) is 63.7 Å². The molecule has 2 rings (SSSR count). The van der Waals surface area contributed by atoms with Crippen LogP contribution in [0.4, 0.5) is 11.4 Å². The number of rotatable bonds is 6. The van der Waals surface area contributed by atoms with Crippen molar-refractivity contribution in [3.63, 3.8) is 0 Å². The van der Waals surface area contributed by atoms with Gasteiger partial charge < -0.3 is 10.1 Å². The molecule has 7 heteroatoms. The minimum Gasteiger partial charge on any atom is -0.491 e. The van der Waals surface area contributed by atoms with E-state index in [1.165, 1.54) is 18.2 Å². The van der Waals surface area contributed by atoms with Gasteiger partial charge in [-0.05, 0) is 18.2 Å². The molecule has 0 aromatic heterocycles. The van der Waals surface area contributed by atoms with Crippen molar-refractivity contribution in [1.29, 1.82) is 0 Å². The Kier molecular flexibility index (Phi) is 5.32. The summed E-state index contributed by atoms with van der Waals surface area (Å²) in [7, 11) is 0. The molecule has 2 aromatic rings. The number of hydrogen-bond donors (Lipinski definition) is 1. The lowest BCUT2D eigenvalue weighted by Gasteiger charge is -2.08. The van der Waals surface area contributed by atoms with E-state index in [2.05, 4.69) is 5.32 Å². The number of carbonyl (C=O) groups excluding carboxylic acids is 1. The normalized spacial score (nSPS) is 10.0. The average Bonchev–Trinajstić information content (AvgIpc) is 2.49. The van der Waals surface area contributed by atoms with Gasteiger partial charge in [-0.2, -0.15) is 0 Å². The maximum Gasteiger partial charge on any atom is 0.292 e. The Balaban J connectivity index is 1.89. The monoisotopic (exact) mass is 320 g/mol. The first kappa shape index (κ1) is 15.8. The van der Waals surface area contributed by atoms with Gasteiger partial charge in [0.05, 0.1) is 23.0 Å². The van der Waals surface area contributed by atoms with Gasteiger partial charge in [-0.25, -0.2) is 0 Å². The number of halogens is 1. The smallest absolute Gasteiger partial charge is 0.292 e. The predicted molar refractivity (Wildman–Crippen MR) is 83.3 cm³/mol. The van der Waals surface area contributed by atoms with E-state index < -0.39 is 4.92 Å². The van der Waals surface area contributed by atoms with Crippen molar-refractivity contribution in [1.82, 2.24) is 0 Å². The molecule has 0 unspecified atom stereocenters. The molecule has 6 nitrogen and oxygen atoms in total. The minimum atomic E-state index is -0.546. The number of amides is 1. The van der Waals surface area contributed by atoms with E-state index >= 15 is 0 Å². The number of para-hydroxylation sites is 3. The molecule has 1 amide bonds. The largest absolute Gasteiger partial charge is 0.491 e. The second-order valence-electron chi connectivity index (χ2n) is 4.35. The van der Waals surface area contributed by atoms with Crippen LogP contribution < -0.4 is 10.1 Å². The van der Waals surface area contributed by atoms with E-state index in [4.69, 9.17) is 16.3 Å². The van der Waals surface area contributed by atoms with E-state index in [0.717, 1.165) is 0 Å². The quantitative estimate of drug-likeness (QED) is 0.650. The fraction of sp³-hybridized carbons (Fsp3) is 0.133. The zero-order chi connectivity index (χ0) is 15.9. The number of nitrogens with one attached hydrogen (secondary N) is 1. The van der Waals surface area contributed by atoms with Gasteiger partial charge in [-0.1, -0.05) is 35.9 Å². The molecule has 0 radical (unpaired) electrons. The third-order valence-corrected chi connectivity index (χ3v) is 3.11. The molecular formula is C15H13ClN2O4. The van der Waals surface area contributed by atoms with Gasteiger partial charge in [0.1, 0.15) is 11.4 Å². The molecule has 2 aromatic carbocycles. The first-order chi connectivity index (χ1) is 10.6. The van der Waals surface area contributed by atoms with Crippen LogP contribution in [0.25, 0.3) is 0 Å². The number of benzene rings is 2. The molecular weight excluding hydrogens is 308 g/mol. The molecule has 0 saturated heterocycles. The molecule has 114 valence electrons. The first-order valence-corrected chi connectivity index (χ1v) is 6.86. The molecule has 22 heavy (non-hydrogen) atoms. The summed E-state index contributed by atoms with van der Waals surface area (Å²) in [5.41, 5.74) is 0.0121. The molecule has 0 aliphatic rings. The SMILES string of the molecule is O=C(CCOc1ccccc1Cl)Nc1ccccc1[N+](=O)[O-]. The summed E-state index contributed by atoms with van der Waals surface area (Å²) in [6, 6.07) is 12.9. The Morgan fingerprint density at radius 3 is 2.59 bits per heavy atom. The second kappa shape index (κ2) is 7.42. The van der Waals surface area contributed by atoms with Crippen LogP contribution in [0.3, 0.4) is 0 Å². The predicted octanol–water partition coefficient (Wildman–Crippen LogP) is 3.66. The van der Waals surface area contributed by atoms with Gasteiger partial charge in [0.15, 0.2) is 0 Å². The summed E-state index contributed by atoms with van der Waals surface area (Å²) in [6.45, 7) is 0.121. The van der Waals surface area contributed by atoms with Crippen LogP contribution in [-0.2, 0) is 4.79 Å². The molecule has 0 bridgehead atoms. The summed E-state index contributed by atoms with van der Waals surface area (Å²) in [6.07, 6.45) is 0.0528. The third kappa shape index (κ3) is 4.20. The Morgan fingerprint density at radius 2 is 1.86 bits per heavy atom. The molecule has 0 aliphatic heterocycles. The van der Waals surface area contributed by atoms with Gasteiger partial charge in [-0.3, -0.25) is 14.9 Å². The van der Waals surface area contributed by atoms with Crippen LogP contribution in [0.15, 0.2) is 48.5 Å². The molecule has 0 saturated carbocycles. The van der Waals surface area contributed by atoms with Gasteiger partial charge in [0.2, 0.25) is 5.91 Å². The van der Waals surface area contributed by atoms with Gasteiger partial charge in [0, 0.05) is 6.07 Å². The molecule has 1 N–H and O–H groups in total. The molecule has 0 spiro atoms. The number of nitro groups is 1. The second-order valence-corrected chi connectivity index (χ2v) is 4.76. The zero-order valence-electron chi connectivity index (χ0n) is 11.5. The number of nitro benzene ring substituents is 1. The van der Waals surface area contributed by atoms with Crippen molar-refractivity contribution in [2.24, 2.45) is 0 Å². The Morgan fingerprint density at radius 1 is 1.18 bits per heavy atom. The van der Waals surface area contributed by atoms with Gasteiger partial charge in [-0.15, -0.1) is 0 Å². The molecule has 0 aliphatic carbocycles. The summed E-state index contributed by atoms with van der Waals surface area (Å²) in [5.74, 6) is 0.115. The molecule has 0 atom stereocenters. The zero-order valence-corrected chi connectivity index (χ0v) is 12.2. The maximum atomic E-state index is 11.8. The van der Waals surface area contributed by atoms with E-state index in [0.29, 0.717) is 10.8 Å². The maximum absolute atomic E-state index is 11.8. The van der Waals surface area contributed by atoms with E-state index in [-0.39, 0.29) is 30.3 Å². The highest BCUT2D eigenvalue weighted by Crippen LogP contribution is 2.24. The number of nitrogens with zero attached hydrogens (tertiary/aromatic N) is 1. The van der Waals surface area contributed by atoms with E-state index in [9.17, 15) is 14.9 Å². The average molecular weight is 321 g/mol. The topological polar surface area (TPSA) is 81.5 Å². The fourth-order valence-electron chi connectivity index (χ4n) is 1.77. The van der Waals surface area contributed by atoms with Gasteiger partial charge in [0.25, 0.3) is 5.69 Å². The van der Waals surface area contributed by atoms with Crippen molar-refractivity contribution in [2.75, 3.05) is 11.9 Å². The number of ether oxygens (including phenoxy) is 1. The lowest BCUT2D eigenvalue weighted by atomic mass is 10.2. The fourth-order valence-corrected chi connectivity index (χ4v) is 1.96. The van der Waals surface area contributed by atoms with Crippen molar-refractivity contribution in [3.8, 4) is 5.75 Å². The lowest BCUT2D eigenvalue weighted by molar-refractivity contribution is -0.383. The van der Waals surface area contributed by atoms with Crippen LogP contribution in [0.1, 0.15) is 6.42 Å². The lowest BCUT2D eigenvalue weighted by Crippen LogP contribution is -2.16. The van der Waals surface area contributed by atoms with Crippen molar-refractivity contribution in [2.45, 2.75) is 6.42 Å². The van der Waals surface area contributed by atoms with E-state index in [1.807, 2.05) is 0 Å². The van der Waals surface area contributed by atoms with Crippen LogP contribution in [0, 0.1) is 10.1 Å². The summed E-state index contributed by atoms with van der Waals surface area (Å²) in [4.78, 5) is 22.1. The van der Waals surface area contributed by atoms with Crippen LogP contribution >= 0.6 is 11.6 Å². The summed E-state index contributed by atoms with van der Waals surface area (Å²) < 4.78 is 5.40. The van der Waals surface area contributed by atoms with Crippen LogP contribution in [0.5, 0.6) is 5.75 Å². The number of carbonyl (C=O) groups is 1. The standard InChI is InChI=1S/C15H13ClN2O4/c16-11-5-1-4-8-14(11)22-10-9-15(19)17-12-6-2-3-7-13(12)18(20)21/h1-8H,9-10H2,(H,17,19). The summed E-state index contributed by atoms with van der Waals surface area (Å²) >= 11 is 5.92. The number of anilines is 1. The first-order valence-electron chi connectivity index (χ1n) is 6.48. The Bertz CT molecular complexity index is 691. The van der Waals surface area contributed by atoms with Crippen LogP contribution in [-0.4, -0.2) is 17.4 Å². The highest BCUT2D eigenvalue weighted by molar-refractivity contribution is 6.32.